The van der Waals surface area contributed by atoms with E-state index in [4.69, 9.17) is 49.0 Å². The third-order valence-corrected chi connectivity index (χ3v) is 6.46. The second-order valence-corrected chi connectivity index (χ2v) is 8.97. The molecule has 1 amide bonds. The lowest BCUT2D eigenvalue weighted by atomic mass is 10.0. The third-order valence-electron chi connectivity index (χ3n) is 5.56. The highest BCUT2D eigenvalue weighted by Crippen LogP contribution is 2.33. The van der Waals surface area contributed by atoms with Crippen molar-refractivity contribution >= 4 is 46.7 Å². The molecule has 0 spiro atoms. The van der Waals surface area contributed by atoms with Crippen LogP contribution in [0, 0.1) is 0 Å². The Bertz CT molecular complexity index is 1150. The van der Waals surface area contributed by atoms with Crippen molar-refractivity contribution in [2.75, 3.05) is 20.1 Å². The van der Waals surface area contributed by atoms with Gasteiger partial charge in [0, 0.05) is 23.0 Å². The van der Waals surface area contributed by atoms with E-state index in [0.717, 1.165) is 11.1 Å². The van der Waals surface area contributed by atoms with Crippen molar-refractivity contribution < 1.29 is 23.8 Å². The van der Waals surface area contributed by atoms with E-state index >= 15 is 0 Å². The van der Waals surface area contributed by atoms with Crippen LogP contribution in [0.1, 0.15) is 16.7 Å². The first-order valence-corrected chi connectivity index (χ1v) is 12.4. The summed E-state index contributed by atoms with van der Waals surface area (Å²) in [6, 6.07) is 19.1. The molecule has 0 saturated carbocycles. The van der Waals surface area contributed by atoms with E-state index in [1.165, 1.54) is 12.0 Å². The van der Waals surface area contributed by atoms with Crippen molar-refractivity contribution in [3.63, 3.8) is 0 Å². The molecule has 9 heteroatoms. The summed E-state index contributed by atoms with van der Waals surface area (Å²) in [4.78, 5) is 27.0. The highest BCUT2D eigenvalue weighted by atomic mass is 35.5. The van der Waals surface area contributed by atoms with Crippen LogP contribution in [0.2, 0.25) is 10.0 Å². The molecule has 6 nitrogen and oxygen atoms in total. The molecule has 1 atom stereocenters. The highest BCUT2D eigenvalue weighted by molar-refractivity contribution is 6.36. The van der Waals surface area contributed by atoms with Crippen LogP contribution in [0.15, 0.2) is 66.7 Å². The van der Waals surface area contributed by atoms with Crippen molar-refractivity contribution in [3.05, 3.63) is 93.5 Å². The van der Waals surface area contributed by atoms with Crippen molar-refractivity contribution in [1.82, 2.24) is 4.90 Å². The van der Waals surface area contributed by atoms with Crippen LogP contribution in [0.3, 0.4) is 0 Å². The SMILES string of the molecule is COC(=O)[C@H](Cc1c(Cl)cc(OCc2ccccc2)cc1Cl)N(Cc1ccc(OC)cc1)C(=O)CCl. The number of amides is 1. The fourth-order valence-corrected chi connectivity index (χ4v) is 4.40. The zero-order valence-corrected chi connectivity index (χ0v) is 22.1. The van der Waals surface area contributed by atoms with Gasteiger partial charge in [0.25, 0.3) is 0 Å². The van der Waals surface area contributed by atoms with E-state index in [1.54, 1.807) is 43.5 Å². The zero-order chi connectivity index (χ0) is 26.1. The smallest absolute Gasteiger partial charge is 0.328 e. The molecule has 190 valence electrons. The van der Waals surface area contributed by atoms with Crippen LogP contribution >= 0.6 is 34.8 Å². The minimum atomic E-state index is -1.01. The summed E-state index contributed by atoms with van der Waals surface area (Å²) in [5, 5.41) is 0.615. The minimum Gasteiger partial charge on any atom is -0.497 e. The van der Waals surface area contributed by atoms with Gasteiger partial charge in [-0.25, -0.2) is 4.79 Å². The van der Waals surface area contributed by atoms with Gasteiger partial charge < -0.3 is 19.1 Å². The number of hydrogen-bond donors (Lipinski definition) is 0. The molecular weight excluding hydrogens is 525 g/mol. The molecule has 3 aromatic rings. The molecule has 3 rings (SSSR count). The van der Waals surface area contributed by atoms with E-state index in [0.29, 0.717) is 33.7 Å². The second kappa shape index (κ2) is 13.4. The molecule has 0 fully saturated rings. The first kappa shape index (κ1) is 27.7. The number of ether oxygens (including phenoxy) is 3. The summed E-state index contributed by atoms with van der Waals surface area (Å²) in [7, 11) is 2.83. The number of methoxy groups -OCH3 is 2. The van der Waals surface area contributed by atoms with E-state index in [9.17, 15) is 9.59 Å². The van der Waals surface area contributed by atoms with E-state index in [2.05, 4.69) is 0 Å². The van der Waals surface area contributed by atoms with Crippen molar-refractivity contribution in [2.24, 2.45) is 0 Å². The standard InChI is InChI=1S/C27H26Cl3NO5/c1-34-20-10-8-18(9-11-20)16-31(26(32)15-28)25(27(33)35-2)14-22-23(29)12-21(13-24(22)30)36-17-19-6-4-3-5-7-19/h3-13,25H,14-17H2,1-2H3/t25-/m0/s1. The average Bonchev–Trinajstić information content (AvgIpc) is 2.90. The van der Waals surface area contributed by atoms with Crippen molar-refractivity contribution in [2.45, 2.75) is 25.6 Å². The predicted molar refractivity (Wildman–Crippen MR) is 141 cm³/mol. The summed E-state index contributed by atoms with van der Waals surface area (Å²) in [6.07, 6.45) is 0.0299. The number of halogens is 3. The van der Waals surface area contributed by atoms with Gasteiger partial charge in [-0.1, -0.05) is 65.7 Å². The largest absolute Gasteiger partial charge is 0.497 e. The Morgan fingerprint density at radius 3 is 2.08 bits per heavy atom. The first-order chi connectivity index (χ1) is 17.4. The average molecular weight is 551 g/mol. The maximum absolute atomic E-state index is 12.8. The number of rotatable bonds is 11. The Balaban J connectivity index is 1.85. The van der Waals surface area contributed by atoms with Crippen LogP contribution in [-0.4, -0.2) is 42.9 Å². The van der Waals surface area contributed by atoms with Crippen molar-refractivity contribution in [3.8, 4) is 11.5 Å². The maximum atomic E-state index is 12.8. The molecule has 0 aromatic heterocycles. The lowest BCUT2D eigenvalue weighted by Gasteiger charge is -2.30. The van der Waals surface area contributed by atoms with E-state index < -0.39 is 17.9 Å². The van der Waals surface area contributed by atoms with Gasteiger partial charge in [0.1, 0.15) is 30.0 Å². The molecule has 0 radical (unpaired) electrons. The van der Waals surface area contributed by atoms with Gasteiger partial charge in [0.15, 0.2) is 0 Å². The summed E-state index contributed by atoms with van der Waals surface area (Å²) in [5.41, 5.74) is 2.27. The molecule has 3 aromatic carbocycles. The molecule has 0 aliphatic carbocycles. The van der Waals surface area contributed by atoms with Crippen LogP contribution in [0.4, 0.5) is 0 Å². The Morgan fingerprint density at radius 2 is 1.53 bits per heavy atom. The molecule has 0 aliphatic heterocycles. The molecule has 0 unspecified atom stereocenters. The number of alkyl halides is 1. The maximum Gasteiger partial charge on any atom is 0.328 e. The van der Waals surface area contributed by atoms with E-state index in [-0.39, 0.29) is 18.8 Å². The Hall–Kier alpha value is -2.93. The topological polar surface area (TPSA) is 65.1 Å². The summed E-state index contributed by atoms with van der Waals surface area (Å²) in [6.45, 7) is 0.473. The Labute approximate surface area is 225 Å². The quantitative estimate of drug-likeness (QED) is 0.219. The van der Waals surface area contributed by atoms with Gasteiger partial charge in [0.2, 0.25) is 5.91 Å². The summed E-state index contributed by atoms with van der Waals surface area (Å²) < 4.78 is 16.0. The number of hydrogen-bond acceptors (Lipinski definition) is 5. The fraction of sp³-hybridized carbons (Fsp3) is 0.259. The number of carbonyl (C=O) groups excluding carboxylic acids is 2. The summed E-state index contributed by atoms with van der Waals surface area (Å²) in [5.74, 6) is -0.195. The highest BCUT2D eigenvalue weighted by Gasteiger charge is 2.32. The zero-order valence-electron chi connectivity index (χ0n) is 19.9. The molecule has 0 aliphatic rings. The predicted octanol–water partition coefficient (Wildman–Crippen LogP) is 5.93. The molecule has 0 bridgehead atoms. The lowest BCUT2D eigenvalue weighted by Crippen LogP contribution is -2.47. The molecule has 0 N–H and O–H groups in total. The van der Waals surface area contributed by atoms with Gasteiger partial charge in [-0.05, 0) is 41.0 Å². The van der Waals surface area contributed by atoms with Gasteiger partial charge in [-0.15, -0.1) is 11.6 Å². The number of carbonyl (C=O) groups is 2. The minimum absolute atomic E-state index is 0.0299. The molecule has 0 heterocycles. The molecule has 0 saturated heterocycles. The fourth-order valence-electron chi connectivity index (χ4n) is 3.63. The first-order valence-electron chi connectivity index (χ1n) is 11.1. The summed E-state index contributed by atoms with van der Waals surface area (Å²) >= 11 is 19.0. The van der Waals surface area contributed by atoms with Gasteiger partial charge >= 0.3 is 5.97 Å². The van der Waals surface area contributed by atoms with Gasteiger partial charge in [-0.3, -0.25) is 4.79 Å². The van der Waals surface area contributed by atoms with Gasteiger partial charge in [0.05, 0.1) is 14.2 Å². The van der Waals surface area contributed by atoms with Crippen LogP contribution < -0.4 is 9.47 Å². The van der Waals surface area contributed by atoms with Gasteiger partial charge in [-0.2, -0.15) is 0 Å². The van der Waals surface area contributed by atoms with Crippen LogP contribution in [0.5, 0.6) is 11.5 Å². The molecular formula is C27H26Cl3NO5. The van der Waals surface area contributed by atoms with E-state index in [1.807, 2.05) is 30.3 Å². The molecule has 36 heavy (non-hydrogen) atoms. The van der Waals surface area contributed by atoms with Crippen LogP contribution in [0.25, 0.3) is 0 Å². The normalized spacial score (nSPS) is 11.5. The Kier molecular flexibility index (Phi) is 10.3. The third kappa shape index (κ3) is 7.29. The Morgan fingerprint density at radius 1 is 0.889 bits per heavy atom. The second-order valence-electron chi connectivity index (χ2n) is 7.89. The monoisotopic (exact) mass is 549 g/mol. The number of benzene rings is 3. The lowest BCUT2D eigenvalue weighted by molar-refractivity contribution is -0.152. The number of nitrogens with zero attached hydrogens (tertiary/aromatic N) is 1. The number of esters is 1. The van der Waals surface area contributed by atoms with Crippen LogP contribution in [-0.2, 0) is 33.9 Å². The van der Waals surface area contributed by atoms with Crippen molar-refractivity contribution in [1.29, 1.82) is 0 Å².